The van der Waals surface area contributed by atoms with Gasteiger partial charge in [-0.25, -0.2) is 0 Å². The van der Waals surface area contributed by atoms with Gasteiger partial charge >= 0.3 is 0 Å². The lowest BCUT2D eigenvalue weighted by Gasteiger charge is -2.05. The Morgan fingerprint density at radius 1 is 1.55 bits per heavy atom. The number of hydrogen-bond acceptors (Lipinski definition) is 1. The average Bonchev–Trinajstić information content (AvgIpc) is 1.88. The van der Waals surface area contributed by atoms with E-state index in [0.717, 1.165) is 10.2 Å². The fourth-order valence-corrected chi connectivity index (χ4v) is 1.23. The Hall–Kier alpha value is -0.500. The maximum atomic E-state index is 3.73. The van der Waals surface area contributed by atoms with Gasteiger partial charge in [-0.2, -0.15) is 0 Å². The van der Waals surface area contributed by atoms with Crippen molar-refractivity contribution in [2.24, 2.45) is 0 Å². The van der Waals surface area contributed by atoms with Gasteiger partial charge in [-0.15, -0.1) is 0 Å². The van der Waals surface area contributed by atoms with Gasteiger partial charge in [0.25, 0.3) is 0 Å². The molecule has 2 heteroatoms. The molecule has 0 radical (unpaired) electrons. The molecule has 62 valence electrons. The predicted octanol–water partition coefficient (Wildman–Crippen LogP) is 2.96. The molecule has 0 bridgehead atoms. The lowest BCUT2D eigenvalue weighted by atomic mass is 10.2. The summed E-state index contributed by atoms with van der Waals surface area (Å²) in [4.78, 5) is 0. The summed E-state index contributed by atoms with van der Waals surface area (Å²) in [6, 6.07) is 0. The van der Waals surface area contributed by atoms with E-state index >= 15 is 0 Å². The molecule has 1 nitrogen and oxygen atoms in total. The third-order valence-electron chi connectivity index (χ3n) is 1.36. The summed E-state index contributed by atoms with van der Waals surface area (Å²) < 4.78 is 0.893. The van der Waals surface area contributed by atoms with Gasteiger partial charge in [0, 0.05) is 17.2 Å². The summed E-state index contributed by atoms with van der Waals surface area (Å²) in [7, 11) is 1.91. The summed E-state index contributed by atoms with van der Waals surface area (Å²) in [5.41, 5.74) is 2.31. The van der Waals surface area contributed by atoms with Gasteiger partial charge in [0.2, 0.25) is 0 Å². The number of likely N-dealkylation sites (N-methyl/N-ethyl adjacent to an activating group) is 1. The molecule has 0 atom stereocenters. The Labute approximate surface area is 77.0 Å². The third-order valence-corrected chi connectivity index (χ3v) is 1.58. The van der Waals surface area contributed by atoms with Crippen molar-refractivity contribution in [2.75, 3.05) is 7.05 Å². The molecule has 0 fully saturated rings. The minimum Gasteiger partial charge on any atom is -0.388 e. The monoisotopic (exact) mass is 215 g/mol. The van der Waals surface area contributed by atoms with Crippen LogP contribution in [-0.4, -0.2) is 7.05 Å². The van der Waals surface area contributed by atoms with Crippen molar-refractivity contribution in [3.05, 3.63) is 34.5 Å². The number of hydrogen-bond donors (Lipinski definition) is 1. The Kier molecular flexibility index (Phi) is 4.95. The number of nitrogens with one attached hydrogen (secondary N) is 1. The largest absolute Gasteiger partial charge is 0.388 e. The standard InChI is InChI=1S/C9H14BrN/c1-5-9(11-4)7(2)6-8(3)10/h5-6,11H,3H2,1-2,4H3/b7-6-,9-5+. The number of halogens is 1. The highest BCUT2D eigenvalue weighted by atomic mass is 79.9. The summed E-state index contributed by atoms with van der Waals surface area (Å²) in [6.07, 6.45) is 4.01. The van der Waals surface area contributed by atoms with Crippen LogP contribution in [0.1, 0.15) is 13.8 Å². The van der Waals surface area contributed by atoms with E-state index in [9.17, 15) is 0 Å². The molecular formula is C9H14BrN. The normalized spacial score (nSPS) is 13.1. The highest BCUT2D eigenvalue weighted by Gasteiger charge is 1.93. The summed E-state index contributed by atoms with van der Waals surface area (Å²) in [5.74, 6) is 0. The zero-order valence-electron chi connectivity index (χ0n) is 7.24. The summed E-state index contributed by atoms with van der Waals surface area (Å²) in [5, 5.41) is 3.09. The van der Waals surface area contributed by atoms with Gasteiger partial charge in [-0.1, -0.05) is 28.6 Å². The lowest BCUT2D eigenvalue weighted by Crippen LogP contribution is -2.06. The molecule has 0 unspecified atom stereocenters. The van der Waals surface area contributed by atoms with Crippen LogP contribution in [0.4, 0.5) is 0 Å². The van der Waals surface area contributed by atoms with Crippen LogP contribution < -0.4 is 5.32 Å². The van der Waals surface area contributed by atoms with Crippen molar-refractivity contribution in [2.45, 2.75) is 13.8 Å². The molecule has 0 spiro atoms. The molecule has 1 N–H and O–H groups in total. The van der Waals surface area contributed by atoms with Gasteiger partial charge in [0.15, 0.2) is 0 Å². The zero-order chi connectivity index (χ0) is 8.85. The fraction of sp³-hybridized carbons (Fsp3) is 0.333. The van der Waals surface area contributed by atoms with E-state index in [-0.39, 0.29) is 0 Å². The van der Waals surface area contributed by atoms with Crippen molar-refractivity contribution in [3.63, 3.8) is 0 Å². The fourth-order valence-electron chi connectivity index (χ4n) is 0.882. The molecule has 0 aliphatic heterocycles. The van der Waals surface area contributed by atoms with E-state index in [1.54, 1.807) is 0 Å². The lowest BCUT2D eigenvalue weighted by molar-refractivity contribution is 0.993. The Balaban J connectivity index is 4.45. The quantitative estimate of drug-likeness (QED) is 0.715. The summed E-state index contributed by atoms with van der Waals surface area (Å²) >= 11 is 3.28. The molecule has 0 amide bonds. The highest BCUT2D eigenvalue weighted by molar-refractivity contribution is 9.11. The maximum Gasteiger partial charge on any atom is 0.0324 e. The summed E-state index contributed by atoms with van der Waals surface area (Å²) in [6.45, 7) is 7.77. The third kappa shape index (κ3) is 4.04. The van der Waals surface area contributed by atoms with Gasteiger partial charge < -0.3 is 5.32 Å². The van der Waals surface area contributed by atoms with Crippen LogP contribution in [0.3, 0.4) is 0 Å². The first-order valence-electron chi connectivity index (χ1n) is 3.49. The Morgan fingerprint density at radius 3 is 2.36 bits per heavy atom. The van der Waals surface area contributed by atoms with E-state index in [1.807, 2.05) is 33.0 Å². The second-order valence-corrected chi connectivity index (χ2v) is 3.25. The van der Waals surface area contributed by atoms with Crippen molar-refractivity contribution in [1.29, 1.82) is 0 Å². The van der Waals surface area contributed by atoms with E-state index in [4.69, 9.17) is 0 Å². The highest BCUT2D eigenvalue weighted by Crippen LogP contribution is 2.11. The molecule has 0 saturated heterocycles. The van der Waals surface area contributed by atoms with Crippen LogP contribution >= 0.6 is 15.9 Å². The molecule has 0 aromatic heterocycles. The van der Waals surface area contributed by atoms with Crippen LogP contribution in [0, 0.1) is 0 Å². The minimum atomic E-state index is 0.893. The Morgan fingerprint density at radius 2 is 2.09 bits per heavy atom. The molecule has 0 rings (SSSR count). The first-order chi connectivity index (χ1) is 5.11. The van der Waals surface area contributed by atoms with Gasteiger partial charge in [-0.3, -0.25) is 0 Å². The molecule has 0 aromatic rings. The zero-order valence-corrected chi connectivity index (χ0v) is 8.83. The topological polar surface area (TPSA) is 12.0 Å². The van der Waals surface area contributed by atoms with Gasteiger partial charge in [0.1, 0.15) is 0 Å². The smallest absolute Gasteiger partial charge is 0.0324 e. The predicted molar refractivity (Wildman–Crippen MR) is 54.6 cm³/mol. The molecule has 11 heavy (non-hydrogen) atoms. The van der Waals surface area contributed by atoms with E-state index < -0.39 is 0 Å². The van der Waals surface area contributed by atoms with Crippen LogP contribution in [0.15, 0.2) is 34.5 Å². The number of rotatable bonds is 3. The van der Waals surface area contributed by atoms with Crippen molar-refractivity contribution in [3.8, 4) is 0 Å². The SMILES string of the molecule is C=C(Br)/C=C(C)\C(=C/C)NC. The average molecular weight is 216 g/mol. The minimum absolute atomic E-state index is 0.893. The molecule has 0 aliphatic carbocycles. The molecular weight excluding hydrogens is 202 g/mol. The second-order valence-electron chi connectivity index (χ2n) is 2.23. The maximum absolute atomic E-state index is 3.73. The van der Waals surface area contributed by atoms with E-state index in [1.165, 1.54) is 5.57 Å². The molecule has 0 aliphatic rings. The first kappa shape index (κ1) is 10.5. The Bertz CT molecular complexity index is 202. The molecule has 0 saturated carbocycles. The van der Waals surface area contributed by atoms with Crippen molar-refractivity contribution < 1.29 is 0 Å². The second kappa shape index (κ2) is 5.19. The molecule has 0 aromatic carbocycles. The van der Waals surface area contributed by atoms with E-state index in [0.29, 0.717) is 0 Å². The number of allylic oxidation sites excluding steroid dienone is 4. The van der Waals surface area contributed by atoms with Crippen LogP contribution in [-0.2, 0) is 0 Å². The van der Waals surface area contributed by atoms with Crippen molar-refractivity contribution in [1.82, 2.24) is 5.32 Å². The van der Waals surface area contributed by atoms with Crippen LogP contribution in [0.5, 0.6) is 0 Å². The first-order valence-corrected chi connectivity index (χ1v) is 4.28. The van der Waals surface area contributed by atoms with Gasteiger partial charge in [0.05, 0.1) is 0 Å². The van der Waals surface area contributed by atoms with Crippen LogP contribution in [0.25, 0.3) is 0 Å². The van der Waals surface area contributed by atoms with Crippen molar-refractivity contribution >= 4 is 15.9 Å². The van der Waals surface area contributed by atoms with Crippen LogP contribution in [0.2, 0.25) is 0 Å². The van der Waals surface area contributed by atoms with Gasteiger partial charge in [-0.05, 0) is 25.5 Å². The van der Waals surface area contributed by atoms with E-state index in [2.05, 4.69) is 27.8 Å². The molecule has 0 heterocycles.